The van der Waals surface area contributed by atoms with Crippen LogP contribution in [0.2, 0.25) is 0 Å². The highest BCUT2D eigenvalue weighted by atomic mass is 32.2. The number of halogens is 3. The van der Waals surface area contributed by atoms with Crippen molar-refractivity contribution >= 4 is 16.0 Å². The predicted molar refractivity (Wildman–Crippen MR) is 98.4 cm³/mol. The van der Waals surface area contributed by atoms with Crippen molar-refractivity contribution in [1.29, 1.82) is 0 Å². The molecular formula is C18H25F3N2O4S. The van der Waals surface area contributed by atoms with E-state index >= 15 is 0 Å². The number of alkyl halides is 3. The van der Waals surface area contributed by atoms with Crippen LogP contribution in [0.25, 0.3) is 0 Å². The second-order valence-electron chi connectivity index (χ2n) is 7.23. The van der Waals surface area contributed by atoms with E-state index in [9.17, 15) is 21.6 Å². The SMILES string of the molecule is CN(C)[C@@H]1CCN(S(=O)(=O)C2CC2)[C@H]1Cc1ccccc1.O=C(O)C(F)(F)F. The van der Waals surface area contributed by atoms with Gasteiger partial charge in [0.05, 0.1) is 5.25 Å². The van der Waals surface area contributed by atoms with Crippen LogP contribution in [0.3, 0.4) is 0 Å². The van der Waals surface area contributed by atoms with Gasteiger partial charge in [-0.3, -0.25) is 0 Å². The Hall–Kier alpha value is -1.65. The van der Waals surface area contributed by atoms with Crippen LogP contribution in [-0.2, 0) is 21.2 Å². The molecule has 2 fully saturated rings. The van der Waals surface area contributed by atoms with Gasteiger partial charge in [0.15, 0.2) is 0 Å². The predicted octanol–water partition coefficient (Wildman–Crippen LogP) is 2.36. The monoisotopic (exact) mass is 422 g/mol. The van der Waals surface area contributed by atoms with Crippen molar-refractivity contribution in [3.8, 4) is 0 Å². The summed E-state index contributed by atoms with van der Waals surface area (Å²) in [5.74, 6) is -2.76. The van der Waals surface area contributed by atoms with E-state index in [4.69, 9.17) is 9.90 Å². The highest BCUT2D eigenvalue weighted by molar-refractivity contribution is 7.90. The topological polar surface area (TPSA) is 77.9 Å². The zero-order chi connectivity index (χ0) is 21.1. The van der Waals surface area contributed by atoms with Crippen molar-refractivity contribution < 1.29 is 31.5 Å². The lowest BCUT2D eigenvalue weighted by atomic mass is 10.0. The number of benzene rings is 1. The van der Waals surface area contributed by atoms with Crippen molar-refractivity contribution in [2.75, 3.05) is 20.6 Å². The zero-order valence-electron chi connectivity index (χ0n) is 15.8. The number of sulfonamides is 1. The molecule has 2 aliphatic rings. The van der Waals surface area contributed by atoms with E-state index in [0.29, 0.717) is 12.6 Å². The van der Waals surface area contributed by atoms with Crippen molar-refractivity contribution in [3.05, 3.63) is 35.9 Å². The number of carbonyl (C=O) groups is 1. The third-order valence-electron chi connectivity index (χ3n) is 4.93. The minimum atomic E-state index is -5.08. The Balaban J connectivity index is 0.000000345. The van der Waals surface area contributed by atoms with E-state index in [1.807, 2.05) is 18.2 Å². The first kappa shape index (κ1) is 22.6. The molecule has 0 bridgehead atoms. The summed E-state index contributed by atoms with van der Waals surface area (Å²) in [6.07, 6.45) is -1.68. The molecule has 1 aromatic rings. The van der Waals surface area contributed by atoms with Crippen LogP contribution in [0.5, 0.6) is 0 Å². The highest BCUT2D eigenvalue weighted by Gasteiger charge is 2.47. The van der Waals surface area contributed by atoms with Gasteiger partial charge in [-0.05, 0) is 45.3 Å². The van der Waals surface area contributed by atoms with E-state index < -0.39 is 22.2 Å². The van der Waals surface area contributed by atoms with E-state index in [0.717, 1.165) is 25.7 Å². The van der Waals surface area contributed by atoms with Crippen LogP contribution in [0.1, 0.15) is 24.8 Å². The Bertz CT molecular complexity index is 765. The molecule has 1 N–H and O–H groups in total. The number of carboxylic acid groups (broad SMARTS) is 1. The van der Waals surface area contributed by atoms with Gasteiger partial charge in [0, 0.05) is 18.6 Å². The van der Waals surface area contributed by atoms with Gasteiger partial charge in [-0.15, -0.1) is 0 Å². The minimum absolute atomic E-state index is 0.0630. The molecule has 1 aliphatic carbocycles. The third kappa shape index (κ3) is 5.68. The number of rotatable bonds is 5. The van der Waals surface area contributed by atoms with Gasteiger partial charge in [0.1, 0.15) is 0 Å². The lowest BCUT2D eigenvalue weighted by Gasteiger charge is -2.31. The third-order valence-corrected chi connectivity index (χ3v) is 7.35. The number of nitrogens with zero attached hydrogens (tertiary/aromatic N) is 2. The molecule has 1 saturated carbocycles. The Kier molecular flexibility index (Phi) is 7.11. The van der Waals surface area contributed by atoms with E-state index in [-0.39, 0.29) is 11.3 Å². The lowest BCUT2D eigenvalue weighted by Crippen LogP contribution is -2.46. The van der Waals surface area contributed by atoms with Crippen LogP contribution >= 0.6 is 0 Å². The van der Waals surface area contributed by atoms with E-state index in [2.05, 4.69) is 31.1 Å². The fourth-order valence-electron chi connectivity index (χ4n) is 3.38. The molecule has 158 valence electrons. The Morgan fingerprint density at radius 3 is 2.14 bits per heavy atom. The summed E-state index contributed by atoms with van der Waals surface area (Å²) in [4.78, 5) is 11.1. The van der Waals surface area contributed by atoms with Gasteiger partial charge in [0.25, 0.3) is 0 Å². The standard InChI is InChI=1S/C16H24N2O2S.C2HF3O2/c1-17(2)15-10-11-18(21(19,20)14-8-9-14)16(15)12-13-6-4-3-5-7-13;3-2(4,5)1(6)7/h3-7,14-16H,8-12H2,1-2H3;(H,6,7)/t15-,16+;/m1./s1. The summed E-state index contributed by atoms with van der Waals surface area (Å²) in [5, 5.41) is 7.01. The van der Waals surface area contributed by atoms with Crippen LogP contribution < -0.4 is 0 Å². The molecule has 10 heteroatoms. The molecule has 0 amide bonds. The van der Waals surface area contributed by atoms with Gasteiger partial charge in [-0.2, -0.15) is 17.5 Å². The maximum atomic E-state index is 12.7. The molecule has 28 heavy (non-hydrogen) atoms. The molecule has 1 saturated heterocycles. The largest absolute Gasteiger partial charge is 0.490 e. The Morgan fingerprint density at radius 2 is 1.71 bits per heavy atom. The molecule has 6 nitrogen and oxygen atoms in total. The average Bonchev–Trinajstić information content (AvgIpc) is 3.37. The van der Waals surface area contributed by atoms with Crippen LogP contribution in [0.4, 0.5) is 13.2 Å². The first-order valence-corrected chi connectivity index (χ1v) is 10.5. The van der Waals surface area contributed by atoms with Crippen LogP contribution in [0.15, 0.2) is 30.3 Å². The molecule has 1 heterocycles. The molecular weight excluding hydrogens is 397 g/mol. The van der Waals surface area contributed by atoms with Crippen molar-refractivity contribution in [2.45, 2.75) is 49.2 Å². The molecule has 0 spiro atoms. The summed E-state index contributed by atoms with van der Waals surface area (Å²) in [7, 11) is 1.01. The normalized spacial score (nSPS) is 23.4. The summed E-state index contributed by atoms with van der Waals surface area (Å²) in [5.41, 5.74) is 1.22. The van der Waals surface area contributed by atoms with Gasteiger partial charge in [0.2, 0.25) is 10.0 Å². The molecule has 1 aliphatic heterocycles. The second kappa shape index (κ2) is 8.79. The fraction of sp³-hybridized carbons (Fsp3) is 0.611. The molecule has 0 radical (unpaired) electrons. The number of likely N-dealkylation sites (N-methyl/N-ethyl adjacent to an activating group) is 1. The number of hydrogen-bond acceptors (Lipinski definition) is 4. The number of carboxylic acids is 1. The summed E-state index contributed by atoms with van der Waals surface area (Å²) >= 11 is 0. The zero-order valence-corrected chi connectivity index (χ0v) is 16.6. The Morgan fingerprint density at radius 1 is 1.18 bits per heavy atom. The molecule has 0 aromatic heterocycles. The van der Waals surface area contributed by atoms with Crippen LogP contribution in [-0.4, -0.2) is 72.8 Å². The molecule has 0 unspecified atom stereocenters. The first-order valence-electron chi connectivity index (χ1n) is 8.95. The number of hydrogen-bond donors (Lipinski definition) is 1. The van der Waals surface area contributed by atoms with Gasteiger partial charge >= 0.3 is 12.1 Å². The van der Waals surface area contributed by atoms with Crippen molar-refractivity contribution in [1.82, 2.24) is 9.21 Å². The fourth-order valence-corrected chi connectivity index (χ4v) is 5.45. The summed E-state index contributed by atoms with van der Waals surface area (Å²) < 4.78 is 58.9. The number of aliphatic carboxylic acids is 1. The second-order valence-corrected chi connectivity index (χ2v) is 9.40. The Labute approximate surface area is 163 Å². The molecule has 3 rings (SSSR count). The first-order chi connectivity index (χ1) is 12.9. The molecule has 2 atom stereocenters. The summed E-state index contributed by atoms with van der Waals surface area (Å²) in [6, 6.07) is 10.6. The smallest absolute Gasteiger partial charge is 0.475 e. The summed E-state index contributed by atoms with van der Waals surface area (Å²) in [6.45, 7) is 0.666. The van der Waals surface area contributed by atoms with Crippen LogP contribution in [0, 0.1) is 0 Å². The quantitative estimate of drug-likeness (QED) is 0.788. The average molecular weight is 422 g/mol. The lowest BCUT2D eigenvalue weighted by molar-refractivity contribution is -0.192. The minimum Gasteiger partial charge on any atom is -0.475 e. The van der Waals surface area contributed by atoms with Gasteiger partial charge < -0.3 is 10.0 Å². The molecule has 1 aromatic carbocycles. The van der Waals surface area contributed by atoms with Gasteiger partial charge in [-0.25, -0.2) is 13.2 Å². The maximum absolute atomic E-state index is 12.7. The highest BCUT2D eigenvalue weighted by Crippen LogP contribution is 2.36. The van der Waals surface area contributed by atoms with Crippen molar-refractivity contribution in [3.63, 3.8) is 0 Å². The maximum Gasteiger partial charge on any atom is 0.490 e. The van der Waals surface area contributed by atoms with E-state index in [1.165, 1.54) is 5.56 Å². The van der Waals surface area contributed by atoms with Crippen molar-refractivity contribution in [2.24, 2.45) is 0 Å². The van der Waals surface area contributed by atoms with E-state index in [1.54, 1.807) is 4.31 Å². The van der Waals surface area contributed by atoms with Gasteiger partial charge in [-0.1, -0.05) is 30.3 Å².